The Morgan fingerprint density at radius 3 is 2.90 bits per heavy atom. The van der Waals surface area contributed by atoms with Crippen molar-refractivity contribution in [1.82, 2.24) is 24.9 Å². The van der Waals surface area contributed by atoms with Crippen molar-refractivity contribution in [1.29, 1.82) is 0 Å². The molecule has 20 heavy (non-hydrogen) atoms. The number of aryl methyl sites for hydroxylation is 1. The quantitative estimate of drug-likeness (QED) is 0.901. The van der Waals surface area contributed by atoms with Crippen LogP contribution in [-0.4, -0.2) is 25.5 Å². The largest absolute Gasteiger partial charge is 0.345 e. The minimum atomic E-state index is -2.85. The Morgan fingerprint density at radius 1 is 1.50 bits per heavy atom. The van der Waals surface area contributed by atoms with Crippen molar-refractivity contribution in [2.45, 2.75) is 26.6 Å². The van der Waals surface area contributed by atoms with Gasteiger partial charge < -0.3 is 5.32 Å². The van der Waals surface area contributed by atoms with Crippen LogP contribution >= 0.6 is 15.9 Å². The number of rotatable bonds is 5. The first-order valence-corrected chi connectivity index (χ1v) is 6.64. The van der Waals surface area contributed by atoms with Crippen molar-refractivity contribution >= 4 is 21.8 Å². The number of hydrogen-bond donors (Lipinski definition) is 1. The number of alkyl halides is 2. The van der Waals surface area contributed by atoms with E-state index in [-0.39, 0.29) is 12.2 Å². The van der Waals surface area contributed by atoms with Crippen LogP contribution in [0.3, 0.4) is 0 Å². The average Bonchev–Trinajstić information content (AvgIpc) is 3.02. The second-order valence-electron chi connectivity index (χ2n) is 3.88. The fraction of sp³-hybridized carbons (Fsp3) is 0.364. The molecule has 0 aliphatic heterocycles. The van der Waals surface area contributed by atoms with E-state index in [9.17, 15) is 13.6 Å². The highest BCUT2D eigenvalue weighted by Gasteiger charge is 2.18. The third-order valence-corrected chi connectivity index (χ3v) is 3.36. The molecule has 108 valence electrons. The van der Waals surface area contributed by atoms with Gasteiger partial charge in [-0.3, -0.25) is 9.48 Å². The first kappa shape index (κ1) is 14.6. The lowest BCUT2D eigenvalue weighted by molar-refractivity contribution is 0.0509. The summed E-state index contributed by atoms with van der Waals surface area (Å²) >= 11 is 3.32. The standard InChI is InChI=1S/C11H12BrF2N5O/c1-2-18-9(7(12)5-17-18)6-15-10(20)8-3-4-16-19(8)11(13)14/h3-5,11H,2,6H2,1H3,(H,15,20). The van der Waals surface area contributed by atoms with Gasteiger partial charge in [0.1, 0.15) is 5.69 Å². The number of carbonyl (C=O) groups excluding carboxylic acids is 1. The summed E-state index contributed by atoms with van der Waals surface area (Å²) in [5, 5.41) is 10.1. The Labute approximate surface area is 121 Å². The molecule has 0 unspecified atom stereocenters. The zero-order chi connectivity index (χ0) is 14.7. The van der Waals surface area contributed by atoms with Crippen molar-refractivity contribution in [3.05, 3.63) is 34.3 Å². The molecule has 9 heteroatoms. The molecule has 0 saturated carbocycles. The van der Waals surface area contributed by atoms with E-state index in [1.807, 2.05) is 6.92 Å². The van der Waals surface area contributed by atoms with Gasteiger partial charge in [0.25, 0.3) is 5.91 Å². The maximum Gasteiger partial charge on any atom is 0.333 e. The van der Waals surface area contributed by atoms with Gasteiger partial charge >= 0.3 is 6.55 Å². The van der Waals surface area contributed by atoms with E-state index in [0.717, 1.165) is 16.4 Å². The average molecular weight is 348 g/mol. The lowest BCUT2D eigenvalue weighted by Gasteiger charge is -2.09. The van der Waals surface area contributed by atoms with Crippen LogP contribution in [0, 0.1) is 0 Å². The molecule has 2 aromatic rings. The van der Waals surface area contributed by atoms with Gasteiger partial charge in [0.15, 0.2) is 0 Å². The monoisotopic (exact) mass is 347 g/mol. The summed E-state index contributed by atoms with van der Waals surface area (Å²) in [4.78, 5) is 11.9. The van der Waals surface area contributed by atoms with Crippen LogP contribution in [0.25, 0.3) is 0 Å². The van der Waals surface area contributed by atoms with E-state index >= 15 is 0 Å². The number of aromatic nitrogens is 4. The zero-order valence-electron chi connectivity index (χ0n) is 10.6. The van der Waals surface area contributed by atoms with Crippen LogP contribution in [0.1, 0.15) is 29.7 Å². The molecule has 0 radical (unpaired) electrons. The van der Waals surface area contributed by atoms with E-state index < -0.39 is 12.5 Å². The van der Waals surface area contributed by atoms with Gasteiger partial charge in [-0.05, 0) is 28.9 Å². The Hall–Kier alpha value is -1.77. The van der Waals surface area contributed by atoms with Gasteiger partial charge in [-0.15, -0.1) is 0 Å². The van der Waals surface area contributed by atoms with Gasteiger partial charge in [0.2, 0.25) is 0 Å². The molecule has 2 aromatic heterocycles. The molecule has 0 aliphatic rings. The van der Waals surface area contributed by atoms with Crippen molar-refractivity contribution in [3.8, 4) is 0 Å². The van der Waals surface area contributed by atoms with E-state index in [2.05, 4.69) is 31.4 Å². The fourth-order valence-corrected chi connectivity index (χ4v) is 2.18. The minimum absolute atomic E-state index is 0.182. The minimum Gasteiger partial charge on any atom is -0.345 e. The second-order valence-corrected chi connectivity index (χ2v) is 4.73. The summed E-state index contributed by atoms with van der Waals surface area (Å²) in [6.07, 6.45) is 2.78. The van der Waals surface area contributed by atoms with Crippen LogP contribution in [0.4, 0.5) is 8.78 Å². The van der Waals surface area contributed by atoms with E-state index in [1.54, 1.807) is 10.9 Å². The number of hydrogen-bond acceptors (Lipinski definition) is 3. The Morgan fingerprint density at radius 2 is 2.25 bits per heavy atom. The lowest BCUT2D eigenvalue weighted by Crippen LogP contribution is -2.27. The third-order valence-electron chi connectivity index (χ3n) is 2.70. The molecule has 0 saturated heterocycles. The summed E-state index contributed by atoms with van der Waals surface area (Å²) in [5.41, 5.74) is 0.586. The van der Waals surface area contributed by atoms with Crippen LogP contribution in [0.2, 0.25) is 0 Å². The van der Waals surface area contributed by atoms with Crippen molar-refractivity contribution in [2.24, 2.45) is 0 Å². The van der Waals surface area contributed by atoms with Gasteiger partial charge in [-0.1, -0.05) is 0 Å². The summed E-state index contributed by atoms with van der Waals surface area (Å²) in [5.74, 6) is -0.612. The van der Waals surface area contributed by atoms with Gasteiger partial charge in [-0.25, -0.2) is 0 Å². The summed E-state index contributed by atoms with van der Waals surface area (Å²) in [7, 11) is 0. The fourth-order valence-electron chi connectivity index (χ4n) is 1.74. The summed E-state index contributed by atoms with van der Waals surface area (Å²) in [6.45, 7) is -0.108. The Kier molecular flexibility index (Phi) is 4.48. The molecule has 0 aliphatic carbocycles. The number of halogens is 3. The van der Waals surface area contributed by atoms with Crippen LogP contribution in [-0.2, 0) is 13.1 Å². The van der Waals surface area contributed by atoms with Crippen LogP contribution < -0.4 is 5.32 Å². The number of amides is 1. The van der Waals surface area contributed by atoms with Crippen molar-refractivity contribution in [2.75, 3.05) is 0 Å². The van der Waals surface area contributed by atoms with Crippen molar-refractivity contribution in [3.63, 3.8) is 0 Å². The predicted molar refractivity (Wildman–Crippen MR) is 70.3 cm³/mol. The highest BCUT2D eigenvalue weighted by molar-refractivity contribution is 9.10. The Balaban J connectivity index is 2.09. The number of nitrogens with one attached hydrogen (secondary N) is 1. The maximum atomic E-state index is 12.6. The zero-order valence-corrected chi connectivity index (χ0v) is 12.1. The molecular weight excluding hydrogens is 336 g/mol. The molecule has 0 aromatic carbocycles. The molecule has 1 amide bonds. The van der Waals surface area contributed by atoms with Crippen LogP contribution in [0.15, 0.2) is 22.9 Å². The first-order chi connectivity index (χ1) is 9.54. The van der Waals surface area contributed by atoms with Crippen molar-refractivity contribution < 1.29 is 13.6 Å². The van der Waals surface area contributed by atoms with Crippen LogP contribution in [0.5, 0.6) is 0 Å². The number of carbonyl (C=O) groups is 1. The highest BCUT2D eigenvalue weighted by Crippen LogP contribution is 2.16. The highest BCUT2D eigenvalue weighted by atomic mass is 79.9. The second kappa shape index (κ2) is 6.12. The molecule has 2 rings (SSSR count). The maximum absolute atomic E-state index is 12.6. The molecule has 0 bridgehead atoms. The predicted octanol–water partition coefficient (Wildman–Crippen LogP) is 2.19. The molecule has 0 spiro atoms. The third kappa shape index (κ3) is 2.87. The van der Waals surface area contributed by atoms with Gasteiger partial charge in [0.05, 0.1) is 22.9 Å². The lowest BCUT2D eigenvalue weighted by atomic mass is 10.3. The molecule has 6 nitrogen and oxygen atoms in total. The van der Waals surface area contributed by atoms with Gasteiger partial charge in [-0.2, -0.15) is 23.7 Å². The van der Waals surface area contributed by atoms with E-state index in [1.165, 1.54) is 6.07 Å². The van der Waals surface area contributed by atoms with E-state index in [4.69, 9.17) is 0 Å². The molecule has 0 fully saturated rings. The summed E-state index contributed by atoms with van der Waals surface area (Å²) in [6, 6.07) is 1.24. The molecular formula is C11H12BrF2N5O. The number of nitrogens with zero attached hydrogens (tertiary/aromatic N) is 4. The Bertz CT molecular complexity index is 610. The normalized spacial score (nSPS) is 11.1. The SMILES string of the molecule is CCn1ncc(Br)c1CNC(=O)c1ccnn1C(F)F. The molecule has 1 N–H and O–H groups in total. The van der Waals surface area contributed by atoms with Gasteiger partial charge in [0, 0.05) is 12.7 Å². The summed E-state index contributed by atoms with van der Waals surface area (Å²) < 4.78 is 28.1. The van der Waals surface area contributed by atoms with E-state index in [0.29, 0.717) is 11.2 Å². The molecule has 0 atom stereocenters. The smallest absolute Gasteiger partial charge is 0.333 e. The first-order valence-electron chi connectivity index (χ1n) is 5.84. The topological polar surface area (TPSA) is 64.7 Å². The molecule has 2 heterocycles.